The zero-order valence-corrected chi connectivity index (χ0v) is 15.7. The highest BCUT2D eigenvalue weighted by molar-refractivity contribution is 6.33. The first-order chi connectivity index (χ1) is 11.4. The molecule has 24 heavy (non-hydrogen) atoms. The molecule has 128 valence electrons. The molecule has 0 aliphatic carbocycles. The lowest BCUT2D eigenvalue weighted by molar-refractivity contribution is -0.144. The number of halogens is 2. The number of ether oxygens (including phenoxy) is 1. The highest BCUT2D eigenvalue weighted by Gasteiger charge is 2.32. The van der Waals surface area contributed by atoms with E-state index in [1.165, 1.54) is 0 Å². The van der Waals surface area contributed by atoms with Crippen LogP contribution in [0.1, 0.15) is 32.8 Å². The van der Waals surface area contributed by atoms with Gasteiger partial charge in [-0.1, -0.05) is 61.0 Å². The monoisotopic (exact) mass is 364 g/mol. The number of carbonyl (C=O) groups excluding carboxylic acids is 1. The average molecular weight is 365 g/mol. The molecule has 0 aliphatic rings. The molecule has 2 atom stereocenters. The molecule has 0 saturated carbocycles. The van der Waals surface area contributed by atoms with Crippen molar-refractivity contribution in [3.63, 3.8) is 0 Å². The van der Waals surface area contributed by atoms with Gasteiger partial charge in [-0.2, -0.15) is 0 Å². The number of carbonyl (C=O) groups is 1. The van der Waals surface area contributed by atoms with Crippen LogP contribution >= 0.6 is 23.2 Å². The van der Waals surface area contributed by atoms with Crippen LogP contribution < -0.4 is 0 Å². The van der Waals surface area contributed by atoms with Crippen molar-refractivity contribution in [1.82, 2.24) is 0 Å². The molecule has 2 aromatic rings. The largest absolute Gasteiger partial charge is 0.466 e. The summed E-state index contributed by atoms with van der Waals surface area (Å²) in [6.45, 7) is 6.09. The lowest BCUT2D eigenvalue weighted by Crippen LogP contribution is -2.26. The zero-order chi connectivity index (χ0) is 17.7. The van der Waals surface area contributed by atoms with Crippen molar-refractivity contribution in [2.24, 2.45) is 5.92 Å². The molecule has 4 heteroatoms. The van der Waals surface area contributed by atoms with Crippen LogP contribution in [-0.4, -0.2) is 12.6 Å². The minimum Gasteiger partial charge on any atom is -0.466 e. The minimum atomic E-state index is -0.647. The first-order valence-electron chi connectivity index (χ1n) is 8.06. The highest BCUT2D eigenvalue weighted by atomic mass is 35.5. The molecule has 0 spiro atoms. The third-order valence-corrected chi connectivity index (χ3v) is 5.26. The Kier molecular flexibility index (Phi) is 6.31. The molecule has 0 fully saturated rings. The summed E-state index contributed by atoms with van der Waals surface area (Å²) in [6.07, 6.45) is 0.292. The van der Waals surface area contributed by atoms with Crippen molar-refractivity contribution in [1.29, 1.82) is 0 Å². The third kappa shape index (κ3) is 4.31. The molecule has 0 saturated heterocycles. The van der Waals surface area contributed by atoms with Gasteiger partial charge in [-0.05, 0) is 37.0 Å². The quantitative estimate of drug-likeness (QED) is 0.460. The molecule has 2 unspecified atom stereocenters. The molecule has 0 aliphatic heterocycles. The van der Waals surface area contributed by atoms with Gasteiger partial charge >= 0.3 is 5.97 Å². The first-order valence-corrected chi connectivity index (χ1v) is 8.81. The number of esters is 1. The smallest absolute Gasteiger partial charge is 0.306 e. The fourth-order valence-corrected chi connectivity index (χ4v) is 3.07. The van der Waals surface area contributed by atoms with Crippen LogP contribution in [0.25, 0.3) is 11.1 Å². The van der Waals surface area contributed by atoms with Crippen LogP contribution in [0.3, 0.4) is 0 Å². The Morgan fingerprint density at radius 3 is 2.38 bits per heavy atom. The van der Waals surface area contributed by atoms with Gasteiger partial charge in [0.05, 0.1) is 17.9 Å². The molecule has 2 aromatic carbocycles. The summed E-state index contributed by atoms with van der Waals surface area (Å²) in [4.78, 5) is 11.1. The summed E-state index contributed by atoms with van der Waals surface area (Å²) in [7, 11) is 0. The van der Waals surface area contributed by atoms with Crippen LogP contribution in [0.4, 0.5) is 0 Å². The minimum absolute atomic E-state index is 0.0515. The number of rotatable bonds is 6. The Morgan fingerprint density at radius 2 is 1.79 bits per heavy atom. The molecule has 0 bridgehead atoms. The summed E-state index contributed by atoms with van der Waals surface area (Å²) in [5, 5.41) is 0.717. The van der Waals surface area contributed by atoms with Gasteiger partial charge in [0.25, 0.3) is 0 Å². The Balaban J connectivity index is 2.20. The van der Waals surface area contributed by atoms with E-state index in [0.29, 0.717) is 13.0 Å². The maximum absolute atomic E-state index is 11.7. The standard InChI is InChI=1S/C20H22Cl2O2/c1-4-24-19(23)13-14(2)20(3,22)16-11-9-15(10-12-16)17-7-5-6-8-18(17)21/h5-12,14H,4,13H2,1-3H3. The molecule has 0 N–H and O–H groups in total. The van der Waals surface area contributed by atoms with E-state index in [0.717, 1.165) is 21.7 Å². The zero-order valence-electron chi connectivity index (χ0n) is 14.2. The van der Waals surface area contributed by atoms with Gasteiger partial charge in [0, 0.05) is 10.6 Å². The summed E-state index contributed by atoms with van der Waals surface area (Å²) >= 11 is 13.0. The summed E-state index contributed by atoms with van der Waals surface area (Å²) in [5.74, 6) is -0.269. The molecule has 2 nitrogen and oxygen atoms in total. The second-order valence-electron chi connectivity index (χ2n) is 6.04. The van der Waals surface area contributed by atoms with Crippen molar-refractivity contribution >= 4 is 29.2 Å². The Labute approximate surface area is 153 Å². The Bertz CT molecular complexity index is 693. The maximum atomic E-state index is 11.7. The van der Waals surface area contributed by atoms with E-state index in [2.05, 4.69) is 0 Å². The van der Waals surface area contributed by atoms with Crippen LogP contribution in [0.2, 0.25) is 5.02 Å². The van der Waals surface area contributed by atoms with Gasteiger partial charge in [0.1, 0.15) is 0 Å². The maximum Gasteiger partial charge on any atom is 0.306 e. The topological polar surface area (TPSA) is 26.3 Å². The summed E-state index contributed by atoms with van der Waals surface area (Å²) in [5.41, 5.74) is 2.99. The number of hydrogen-bond acceptors (Lipinski definition) is 2. The van der Waals surface area contributed by atoms with E-state index in [4.69, 9.17) is 27.9 Å². The number of hydrogen-bond donors (Lipinski definition) is 0. The van der Waals surface area contributed by atoms with Crippen molar-refractivity contribution in [3.05, 3.63) is 59.1 Å². The molecule has 0 radical (unpaired) electrons. The predicted octanol–water partition coefficient (Wildman–Crippen LogP) is 6.05. The Hall–Kier alpha value is -1.51. The normalized spacial score (nSPS) is 14.7. The van der Waals surface area contributed by atoms with Gasteiger partial charge in [-0.15, -0.1) is 11.6 Å². The van der Waals surface area contributed by atoms with Crippen LogP contribution in [0, 0.1) is 5.92 Å². The summed E-state index contributed by atoms with van der Waals surface area (Å²) in [6, 6.07) is 15.7. The first kappa shape index (κ1) is 18.8. The molecule has 0 amide bonds. The van der Waals surface area contributed by atoms with Gasteiger partial charge in [0.15, 0.2) is 0 Å². The van der Waals surface area contributed by atoms with E-state index in [-0.39, 0.29) is 11.9 Å². The number of alkyl halides is 1. The molecule has 2 rings (SSSR count). The summed E-state index contributed by atoms with van der Waals surface area (Å²) < 4.78 is 5.02. The van der Waals surface area contributed by atoms with Gasteiger partial charge in [0.2, 0.25) is 0 Å². The van der Waals surface area contributed by atoms with E-state index >= 15 is 0 Å². The van der Waals surface area contributed by atoms with Gasteiger partial charge in [-0.25, -0.2) is 0 Å². The predicted molar refractivity (Wildman–Crippen MR) is 101 cm³/mol. The second-order valence-corrected chi connectivity index (χ2v) is 7.24. The van der Waals surface area contributed by atoms with Crippen molar-refractivity contribution in [2.75, 3.05) is 6.61 Å². The van der Waals surface area contributed by atoms with Crippen molar-refractivity contribution in [2.45, 2.75) is 32.1 Å². The SMILES string of the molecule is CCOC(=O)CC(C)C(C)(Cl)c1ccc(-c2ccccc2Cl)cc1. The van der Waals surface area contributed by atoms with Crippen molar-refractivity contribution in [3.8, 4) is 11.1 Å². The van der Waals surface area contributed by atoms with E-state index in [9.17, 15) is 4.79 Å². The van der Waals surface area contributed by atoms with Crippen molar-refractivity contribution < 1.29 is 9.53 Å². The van der Waals surface area contributed by atoms with Gasteiger partial charge < -0.3 is 4.74 Å². The molecular weight excluding hydrogens is 343 g/mol. The fourth-order valence-electron chi connectivity index (χ4n) is 2.62. The number of benzene rings is 2. The van der Waals surface area contributed by atoms with E-state index in [1.54, 1.807) is 6.92 Å². The molecule has 0 aromatic heterocycles. The third-order valence-electron chi connectivity index (χ3n) is 4.34. The lowest BCUT2D eigenvalue weighted by atomic mass is 9.85. The second kappa shape index (κ2) is 8.04. The molecular formula is C20H22Cl2O2. The van der Waals surface area contributed by atoms with Crippen LogP contribution in [-0.2, 0) is 14.4 Å². The van der Waals surface area contributed by atoms with Crippen LogP contribution in [0.5, 0.6) is 0 Å². The lowest BCUT2D eigenvalue weighted by Gasteiger charge is -2.29. The Morgan fingerprint density at radius 1 is 1.17 bits per heavy atom. The highest BCUT2D eigenvalue weighted by Crippen LogP contribution is 2.39. The van der Waals surface area contributed by atoms with E-state index in [1.807, 2.05) is 62.4 Å². The van der Waals surface area contributed by atoms with Crippen LogP contribution in [0.15, 0.2) is 48.5 Å². The van der Waals surface area contributed by atoms with Gasteiger partial charge in [-0.3, -0.25) is 4.79 Å². The molecule has 0 heterocycles. The fraction of sp³-hybridized carbons (Fsp3) is 0.350. The average Bonchev–Trinajstić information content (AvgIpc) is 2.55. The van der Waals surface area contributed by atoms with E-state index < -0.39 is 4.87 Å².